The van der Waals surface area contributed by atoms with Gasteiger partial charge in [-0.25, -0.2) is 9.59 Å². The van der Waals surface area contributed by atoms with Crippen molar-refractivity contribution in [1.29, 1.82) is 0 Å². The van der Waals surface area contributed by atoms with Gasteiger partial charge in [0.05, 0.1) is 24.3 Å². The Hall–Kier alpha value is -2.14. The zero-order valence-electron chi connectivity index (χ0n) is 15.6. The fraction of sp³-hybridized carbons (Fsp3) is 0.364. The Bertz CT molecular complexity index is 757. The molecule has 0 amide bonds. The quantitative estimate of drug-likeness (QED) is 0.362. The van der Waals surface area contributed by atoms with Crippen LogP contribution in [0.4, 0.5) is 0 Å². The molecule has 2 aromatic carbocycles. The highest BCUT2D eigenvalue weighted by Gasteiger charge is 2.18. The highest BCUT2D eigenvalue weighted by molar-refractivity contribution is 9.10. The van der Waals surface area contributed by atoms with Crippen LogP contribution in [0.2, 0.25) is 0 Å². The normalized spacial score (nSPS) is 10.4. The molecule has 0 N–H and O–H groups in total. The molecule has 0 unspecified atom stereocenters. The van der Waals surface area contributed by atoms with E-state index < -0.39 is 11.9 Å². The minimum absolute atomic E-state index is 0.241. The molecule has 144 valence electrons. The number of hydrogen-bond acceptors (Lipinski definition) is 4. The largest absolute Gasteiger partial charge is 0.462 e. The van der Waals surface area contributed by atoms with Crippen LogP contribution in [-0.2, 0) is 15.9 Å². The number of unbranched alkanes of at least 4 members (excludes halogenated alkanes) is 3. The second kappa shape index (κ2) is 11.5. The first kappa shape index (κ1) is 21.2. The lowest BCUT2D eigenvalue weighted by atomic mass is 10.1. The molecule has 0 fully saturated rings. The Morgan fingerprint density at radius 2 is 1.52 bits per heavy atom. The fourth-order valence-electron chi connectivity index (χ4n) is 2.64. The predicted octanol–water partition coefficient (Wildman–Crippen LogP) is 5.59. The maximum absolute atomic E-state index is 12.4. The first-order valence-electron chi connectivity index (χ1n) is 9.29. The summed E-state index contributed by atoms with van der Waals surface area (Å²) >= 11 is 3.42. The summed E-state index contributed by atoms with van der Waals surface area (Å²) in [6, 6.07) is 14.5. The SMILES string of the molecule is CCCCCCOC(=O)c1ccccc1C(=O)OCCc1cccc(Br)c1. The number of esters is 2. The average Bonchev–Trinajstić information content (AvgIpc) is 2.67. The van der Waals surface area contributed by atoms with Gasteiger partial charge in [-0.1, -0.05) is 66.4 Å². The number of carbonyl (C=O) groups excluding carboxylic acids is 2. The Kier molecular flexibility index (Phi) is 9.05. The Balaban J connectivity index is 1.89. The van der Waals surface area contributed by atoms with Crippen LogP contribution in [-0.4, -0.2) is 25.2 Å². The van der Waals surface area contributed by atoms with Crippen LogP contribution in [0.3, 0.4) is 0 Å². The zero-order valence-corrected chi connectivity index (χ0v) is 17.2. The van der Waals surface area contributed by atoms with E-state index in [1.807, 2.05) is 24.3 Å². The molecule has 0 aliphatic carbocycles. The zero-order chi connectivity index (χ0) is 19.5. The maximum Gasteiger partial charge on any atom is 0.339 e. The second-order valence-corrected chi connectivity index (χ2v) is 7.17. The maximum atomic E-state index is 12.4. The molecule has 0 radical (unpaired) electrons. The Labute approximate surface area is 169 Å². The van der Waals surface area contributed by atoms with E-state index in [0.29, 0.717) is 13.0 Å². The summed E-state index contributed by atoms with van der Waals surface area (Å²) in [5, 5.41) is 0. The summed E-state index contributed by atoms with van der Waals surface area (Å²) in [7, 11) is 0. The summed E-state index contributed by atoms with van der Waals surface area (Å²) < 4.78 is 11.6. The molecule has 5 heteroatoms. The van der Waals surface area contributed by atoms with Crippen LogP contribution in [0.25, 0.3) is 0 Å². The van der Waals surface area contributed by atoms with Gasteiger partial charge < -0.3 is 9.47 Å². The van der Waals surface area contributed by atoms with Crippen LogP contribution < -0.4 is 0 Å². The van der Waals surface area contributed by atoms with E-state index in [0.717, 1.165) is 35.7 Å². The average molecular weight is 433 g/mol. The van der Waals surface area contributed by atoms with Gasteiger partial charge in [0.25, 0.3) is 0 Å². The summed E-state index contributed by atoms with van der Waals surface area (Å²) in [4.78, 5) is 24.7. The van der Waals surface area contributed by atoms with Gasteiger partial charge in [0.1, 0.15) is 0 Å². The van der Waals surface area contributed by atoms with Crippen LogP contribution >= 0.6 is 15.9 Å². The lowest BCUT2D eigenvalue weighted by Crippen LogP contribution is -2.15. The monoisotopic (exact) mass is 432 g/mol. The van der Waals surface area contributed by atoms with E-state index in [4.69, 9.17) is 9.47 Å². The van der Waals surface area contributed by atoms with E-state index >= 15 is 0 Å². The van der Waals surface area contributed by atoms with Gasteiger partial charge >= 0.3 is 11.9 Å². The molecular weight excluding hydrogens is 408 g/mol. The molecule has 2 rings (SSSR count). The number of rotatable bonds is 10. The smallest absolute Gasteiger partial charge is 0.339 e. The lowest BCUT2D eigenvalue weighted by Gasteiger charge is -2.10. The first-order valence-corrected chi connectivity index (χ1v) is 10.1. The van der Waals surface area contributed by atoms with E-state index in [1.54, 1.807) is 24.3 Å². The molecule has 27 heavy (non-hydrogen) atoms. The number of ether oxygens (including phenoxy) is 2. The van der Waals surface area contributed by atoms with Crippen molar-refractivity contribution in [2.45, 2.75) is 39.0 Å². The van der Waals surface area contributed by atoms with Crippen molar-refractivity contribution in [2.75, 3.05) is 13.2 Å². The highest BCUT2D eigenvalue weighted by Crippen LogP contribution is 2.14. The van der Waals surface area contributed by atoms with Crippen LogP contribution in [0.15, 0.2) is 53.0 Å². The van der Waals surface area contributed by atoms with Crippen molar-refractivity contribution in [3.05, 3.63) is 69.7 Å². The summed E-state index contributed by atoms with van der Waals surface area (Å²) in [6.45, 7) is 2.74. The van der Waals surface area contributed by atoms with Gasteiger partial charge in [-0.2, -0.15) is 0 Å². The Morgan fingerprint density at radius 1 is 0.852 bits per heavy atom. The third-order valence-electron chi connectivity index (χ3n) is 4.11. The molecule has 0 heterocycles. The standard InChI is InChI=1S/C22H25BrO4/c1-2-3-4-7-14-26-21(24)19-11-5-6-12-20(19)22(25)27-15-13-17-9-8-10-18(23)16-17/h5-6,8-12,16H,2-4,7,13-15H2,1H3. The molecule has 0 bridgehead atoms. The topological polar surface area (TPSA) is 52.6 Å². The number of hydrogen-bond donors (Lipinski definition) is 0. The van der Waals surface area contributed by atoms with Crippen LogP contribution in [0, 0.1) is 0 Å². The predicted molar refractivity (Wildman–Crippen MR) is 109 cm³/mol. The summed E-state index contributed by atoms with van der Waals surface area (Å²) in [5.41, 5.74) is 1.56. The summed E-state index contributed by atoms with van der Waals surface area (Å²) in [5.74, 6) is -0.991. The van der Waals surface area contributed by atoms with E-state index in [9.17, 15) is 9.59 Å². The molecule has 0 aliphatic rings. The van der Waals surface area contributed by atoms with Gasteiger partial charge in [-0.05, 0) is 36.2 Å². The van der Waals surface area contributed by atoms with Crippen molar-refractivity contribution in [3.8, 4) is 0 Å². The molecule has 0 aromatic heterocycles. The third kappa shape index (κ3) is 7.18. The van der Waals surface area contributed by atoms with Gasteiger partial charge in [0, 0.05) is 10.9 Å². The van der Waals surface area contributed by atoms with Crippen LogP contribution in [0.5, 0.6) is 0 Å². The lowest BCUT2D eigenvalue weighted by molar-refractivity contribution is 0.0456. The van der Waals surface area contributed by atoms with Gasteiger partial charge in [-0.3, -0.25) is 0 Å². The van der Waals surface area contributed by atoms with Crippen molar-refractivity contribution < 1.29 is 19.1 Å². The van der Waals surface area contributed by atoms with E-state index in [-0.39, 0.29) is 17.7 Å². The van der Waals surface area contributed by atoms with Crippen molar-refractivity contribution >= 4 is 27.9 Å². The number of halogens is 1. The van der Waals surface area contributed by atoms with Crippen molar-refractivity contribution in [3.63, 3.8) is 0 Å². The van der Waals surface area contributed by atoms with Crippen molar-refractivity contribution in [1.82, 2.24) is 0 Å². The fourth-order valence-corrected chi connectivity index (χ4v) is 3.09. The molecule has 0 saturated heterocycles. The van der Waals surface area contributed by atoms with Gasteiger partial charge in [0.2, 0.25) is 0 Å². The highest BCUT2D eigenvalue weighted by atomic mass is 79.9. The van der Waals surface area contributed by atoms with E-state index in [1.165, 1.54) is 0 Å². The molecule has 0 aliphatic heterocycles. The molecule has 0 spiro atoms. The second-order valence-electron chi connectivity index (χ2n) is 6.26. The molecule has 4 nitrogen and oxygen atoms in total. The summed E-state index contributed by atoms with van der Waals surface area (Å²) in [6.07, 6.45) is 4.72. The Morgan fingerprint density at radius 3 is 2.15 bits per heavy atom. The molecular formula is C22H25BrO4. The number of benzene rings is 2. The molecule has 0 atom stereocenters. The van der Waals surface area contributed by atoms with Gasteiger partial charge in [0.15, 0.2) is 0 Å². The number of carbonyl (C=O) groups is 2. The minimum Gasteiger partial charge on any atom is -0.462 e. The van der Waals surface area contributed by atoms with Crippen molar-refractivity contribution in [2.24, 2.45) is 0 Å². The first-order chi connectivity index (χ1) is 13.1. The third-order valence-corrected chi connectivity index (χ3v) is 4.60. The van der Waals surface area contributed by atoms with Crippen LogP contribution in [0.1, 0.15) is 58.9 Å². The molecule has 0 saturated carbocycles. The van der Waals surface area contributed by atoms with Gasteiger partial charge in [-0.15, -0.1) is 0 Å². The molecule has 2 aromatic rings. The van der Waals surface area contributed by atoms with E-state index in [2.05, 4.69) is 22.9 Å². The minimum atomic E-state index is -0.511.